The number of rotatable bonds is 5. The van der Waals surface area contributed by atoms with E-state index in [0.29, 0.717) is 0 Å². The van der Waals surface area contributed by atoms with Gasteiger partial charge < -0.3 is 0 Å². The predicted octanol–water partition coefficient (Wildman–Crippen LogP) is 4.48. The van der Waals surface area contributed by atoms with Gasteiger partial charge in [-0.15, -0.1) is 6.58 Å². The van der Waals surface area contributed by atoms with E-state index in [-0.39, 0.29) is 0 Å². The Morgan fingerprint density at radius 1 is 1.25 bits per heavy atom. The lowest BCUT2D eigenvalue weighted by Gasteiger charge is -2.16. The van der Waals surface area contributed by atoms with Gasteiger partial charge in [0.05, 0.1) is 0 Å². The van der Waals surface area contributed by atoms with Crippen LogP contribution in [0.15, 0.2) is 24.8 Å². The van der Waals surface area contributed by atoms with E-state index in [9.17, 15) is 0 Å². The summed E-state index contributed by atoms with van der Waals surface area (Å²) in [6.07, 6.45) is 5.34. The molecule has 0 nitrogen and oxygen atoms in total. The molecule has 1 aromatic carbocycles. The number of hydrogen-bond acceptors (Lipinski definition) is 0. The van der Waals surface area contributed by atoms with Crippen LogP contribution >= 0.6 is 0 Å². The van der Waals surface area contributed by atoms with Crippen LogP contribution < -0.4 is 0 Å². The van der Waals surface area contributed by atoms with Gasteiger partial charge >= 0.3 is 0 Å². The summed E-state index contributed by atoms with van der Waals surface area (Å²) in [5, 5.41) is 0. The molecule has 0 aliphatic carbocycles. The summed E-state index contributed by atoms with van der Waals surface area (Å²) < 4.78 is 0. The Kier molecular flexibility index (Phi) is 4.79. The van der Waals surface area contributed by atoms with Crippen LogP contribution in [0.4, 0.5) is 0 Å². The summed E-state index contributed by atoms with van der Waals surface area (Å²) >= 11 is 0. The maximum absolute atomic E-state index is 3.88. The number of hydrogen-bond donors (Lipinski definition) is 0. The quantitative estimate of drug-likeness (QED) is 0.636. The van der Waals surface area contributed by atoms with Crippen molar-refractivity contribution in [3.63, 3.8) is 0 Å². The van der Waals surface area contributed by atoms with Gasteiger partial charge in [0.1, 0.15) is 0 Å². The van der Waals surface area contributed by atoms with E-state index in [4.69, 9.17) is 0 Å². The zero-order valence-electron chi connectivity index (χ0n) is 11.1. The summed E-state index contributed by atoms with van der Waals surface area (Å²) in [4.78, 5) is 0. The molecule has 0 aliphatic heterocycles. The van der Waals surface area contributed by atoms with Gasteiger partial charge in [0.2, 0.25) is 0 Å². The van der Waals surface area contributed by atoms with Crippen molar-refractivity contribution in [2.24, 2.45) is 5.92 Å². The molecule has 16 heavy (non-hydrogen) atoms. The Labute approximate surface area is 100 Å². The van der Waals surface area contributed by atoms with Crippen LogP contribution in [0.25, 0.3) is 0 Å². The first-order valence-corrected chi connectivity index (χ1v) is 6.31. The molecule has 1 aromatic rings. The van der Waals surface area contributed by atoms with Gasteiger partial charge in [-0.2, -0.15) is 0 Å². The lowest BCUT2D eigenvalue weighted by Crippen LogP contribution is -2.04. The fourth-order valence-corrected chi connectivity index (χ4v) is 2.38. The van der Waals surface area contributed by atoms with Crippen molar-refractivity contribution in [2.75, 3.05) is 0 Å². The number of aryl methyl sites for hydroxylation is 1. The van der Waals surface area contributed by atoms with Gasteiger partial charge in [-0.05, 0) is 54.4 Å². The molecule has 0 aliphatic rings. The highest BCUT2D eigenvalue weighted by Crippen LogP contribution is 2.23. The molecule has 0 fully saturated rings. The Bertz CT molecular complexity index is 359. The molecule has 0 atom stereocenters. The van der Waals surface area contributed by atoms with Crippen LogP contribution in [0, 0.1) is 12.8 Å². The third-order valence-electron chi connectivity index (χ3n) is 3.09. The average molecular weight is 216 g/mol. The Balaban J connectivity index is 3.20. The van der Waals surface area contributed by atoms with Crippen LogP contribution in [0.1, 0.15) is 43.0 Å². The first kappa shape index (κ1) is 13.0. The topological polar surface area (TPSA) is 0 Å². The molecule has 0 amide bonds. The lowest BCUT2D eigenvalue weighted by molar-refractivity contribution is 0.643. The molecular formula is C16H24. The highest BCUT2D eigenvalue weighted by atomic mass is 14.1. The maximum atomic E-state index is 3.88. The van der Waals surface area contributed by atoms with Crippen molar-refractivity contribution in [2.45, 2.75) is 47.0 Å². The van der Waals surface area contributed by atoms with Crippen molar-refractivity contribution in [1.82, 2.24) is 0 Å². The van der Waals surface area contributed by atoms with Crippen molar-refractivity contribution < 1.29 is 0 Å². The molecule has 0 radical (unpaired) electrons. The van der Waals surface area contributed by atoms with E-state index in [2.05, 4.69) is 46.4 Å². The first-order chi connectivity index (χ1) is 7.60. The molecule has 88 valence electrons. The lowest BCUT2D eigenvalue weighted by atomic mass is 9.89. The average Bonchev–Trinajstić information content (AvgIpc) is 2.22. The molecule has 0 saturated heterocycles. The fourth-order valence-electron chi connectivity index (χ4n) is 2.38. The zero-order valence-corrected chi connectivity index (χ0v) is 11.1. The summed E-state index contributed by atoms with van der Waals surface area (Å²) in [5.41, 5.74) is 5.98. The Morgan fingerprint density at radius 2 is 1.94 bits per heavy atom. The standard InChI is InChI=1S/C16H24/c1-6-8-16-14(11-12(3)4)10-9-13(5)15(16)7-2/h6,9-10,12H,1,7-8,11H2,2-5H3. The van der Waals surface area contributed by atoms with Gasteiger partial charge in [-0.3, -0.25) is 0 Å². The van der Waals surface area contributed by atoms with E-state index in [1.54, 1.807) is 0 Å². The number of benzene rings is 1. The van der Waals surface area contributed by atoms with E-state index >= 15 is 0 Å². The van der Waals surface area contributed by atoms with E-state index in [1.165, 1.54) is 28.7 Å². The molecule has 0 aromatic heterocycles. The minimum atomic E-state index is 0.718. The second-order valence-corrected chi connectivity index (χ2v) is 4.94. The minimum Gasteiger partial charge on any atom is -0.103 e. The van der Waals surface area contributed by atoms with Crippen molar-refractivity contribution >= 4 is 0 Å². The first-order valence-electron chi connectivity index (χ1n) is 6.31. The molecule has 0 unspecified atom stereocenters. The molecule has 0 N–H and O–H groups in total. The van der Waals surface area contributed by atoms with Crippen molar-refractivity contribution in [3.05, 3.63) is 47.0 Å². The molecule has 0 heteroatoms. The maximum Gasteiger partial charge on any atom is -0.00946 e. The van der Waals surface area contributed by atoms with Gasteiger partial charge in [-0.1, -0.05) is 39.0 Å². The largest absolute Gasteiger partial charge is 0.103 e. The van der Waals surface area contributed by atoms with Crippen molar-refractivity contribution in [1.29, 1.82) is 0 Å². The number of allylic oxidation sites excluding steroid dienone is 1. The third-order valence-corrected chi connectivity index (χ3v) is 3.09. The van der Waals surface area contributed by atoms with Gasteiger partial charge in [-0.25, -0.2) is 0 Å². The van der Waals surface area contributed by atoms with Crippen molar-refractivity contribution in [3.8, 4) is 0 Å². The fraction of sp³-hybridized carbons (Fsp3) is 0.500. The normalized spacial score (nSPS) is 10.8. The zero-order chi connectivity index (χ0) is 12.1. The van der Waals surface area contributed by atoms with Crippen LogP contribution in [0.2, 0.25) is 0 Å². The second kappa shape index (κ2) is 5.89. The smallest absolute Gasteiger partial charge is 0.00946 e. The Hall–Kier alpha value is -1.04. The predicted molar refractivity (Wildman–Crippen MR) is 73.0 cm³/mol. The molecule has 0 saturated carbocycles. The van der Waals surface area contributed by atoms with Gasteiger partial charge in [0, 0.05) is 0 Å². The summed E-state index contributed by atoms with van der Waals surface area (Å²) in [5.74, 6) is 0.718. The molecule has 0 heterocycles. The van der Waals surface area contributed by atoms with Crippen LogP contribution in [0.5, 0.6) is 0 Å². The van der Waals surface area contributed by atoms with E-state index in [0.717, 1.165) is 18.8 Å². The molecule has 1 rings (SSSR count). The second-order valence-electron chi connectivity index (χ2n) is 4.94. The minimum absolute atomic E-state index is 0.718. The van der Waals surface area contributed by atoms with Gasteiger partial charge in [0.25, 0.3) is 0 Å². The van der Waals surface area contributed by atoms with Crippen LogP contribution in [-0.2, 0) is 19.3 Å². The van der Waals surface area contributed by atoms with Crippen LogP contribution in [-0.4, -0.2) is 0 Å². The highest BCUT2D eigenvalue weighted by Gasteiger charge is 2.09. The Morgan fingerprint density at radius 3 is 2.44 bits per heavy atom. The SMILES string of the molecule is C=CCc1c(CC(C)C)ccc(C)c1CC. The monoisotopic (exact) mass is 216 g/mol. The summed E-state index contributed by atoms with van der Waals surface area (Å²) in [7, 11) is 0. The molecule has 0 bridgehead atoms. The van der Waals surface area contributed by atoms with E-state index < -0.39 is 0 Å². The third kappa shape index (κ3) is 2.98. The molecular weight excluding hydrogens is 192 g/mol. The summed E-state index contributed by atoms with van der Waals surface area (Å²) in [6, 6.07) is 4.57. The summed E-state index contributed by atoms with van der Waals surface area (Å²) in [6.45, 7) is 12.9. The van der Waals surface area contributed by atoms with E-state index in [1.807, 2.05) is 6.08 Å². The van der Waals surface area contributed by atoms with Gasteiger partial charge in [0.15, 0.2) is 0 Å². The molecule has 0 spiro atoms. The highest BCUT2D eigenvalue weighted by molar-refractivity contribution is 5.42. The van der Waals surface area contributed by atoms with Crippen LogP contribution in [0.3, 0.4) is 0 Å².